The Labute approximate surface area is 116 Å². The SMILES string of the molecule is CNC(=O)C(C)(C)N1CCCC1C(=O)NCC(C)C. The molecular formula is C14H27N3O2. The van der Waals surface area contributed by atoms with Crippen molar-refractivity contribution >= 4 is 11.8 Å². The van der Waals surface area contributed by atoms with Crippen molar-refractivity contribution in [2.75, 3.05) is 20.1 Å². The Morgan fingerprint density at radius 2 is 2.00 bits per heavy atom. The fourth-order valence-corrected chi connectivity index (χ4v) is 2.57. The molecule has 0 saturated carbocycles. The summed E-state index contributed by atoms with van der Waals surface area (Å²) in [5, 5.41) is 5.65. The molecule has 1 aliphatic heterocycles. The molecule has 5 nitrogen and oxygen atoms in total. The monoisotopic (exact) mass is 269 g/mol. The van der Waals surface area contributed by atoms with Crippen molar-refractivity contribution in [1.82, 2.24) is 15.5 Å². The molecule has 110 valence electrons. The molecule has 0 aromatic rings. The summed E-state index contributed by atoms with van der Waals surface area (Å²) in [6.07, 6.45) is 1.78. The van der Waals surface area contributed by atoms with Crippen LogP contribution in [0.1, 0.15) is 40.5 Å². The molecule has 1 aliphatic rings. The molecule has 5 heteroatoms. The third kappa shape index (κ3) is 3.69. The van der Waals surface area contributed by atoms with Gasteiger partial charge in [-0.3, -0.25) is 14.5 Å². The van der Waals surface area contributed by atoms with E-state index in [9.17, 15) is 9.59 Å². The van der Waals surface area contributed by atoms with E-state index < -0.39 is 5.54 Å². The zero-order valence-electron chi connectivity index (χ0n) is 12.7. The van der Waals surface area contributed by atoms with E-state index in [-0.39, 0.29) is 17.9 Å². The minimum absolute atomic E-state index is 0.0446. The van der Waals surface area contributed by atoms with Crippen LogP contribution in [0.2, 0.25) is 0 Å². The minimum Gasteiger partial charge on any atom is -0.358 e. The molecule has 1 atom stereocenters. The highest BCUT2D eigenvalue weighted by Crippen LogP contribution is 2.27. The van der Waals surface area contributed by atoms with Gasteiger partial charge in [0.15, 0.2) is 0 Å². The lowest BCUT2D eigenvalue weighted by atomic mass is 10.00. The number of hydrogen-bond donors (Lipinski definition) is 2. The van der Waals surface area contributed by atoms with E-state index >= 15 is 0 Å². The van der Waals surface area contributed by atoms with E-state index in [0.29, 0.717) is 12.5 Å². The van der Waals surface area contributed by atoms with Gasteiger partial charge in [0.25, 0.3) is 0 Å². The highest BCUT2D eigenvalue weighted by atomic mass is 16.2. The lowest BCUT2D eigenvalue weighted by molar-refractivity contribution is -0.136. The van der Waals surface area contributed by atoms with Gasteiger partial charge < -0.3 is 10.6 Å². The molecule has 1 saturated heterocycles. The number of rotatable bonds is 5. The molecule has 2 amide bonds. The zero-order valence-corrected chi connectivity index (χ0v) is 12.7. The van der Waals surface area contributed by atoms with Crippen LogP contribution in [0.15, 0.2) is 0 Å². The van der Waals surface area contributed by atoms with Gasteiger partial charge in [-0.2, -0.15) is 0 Å². The molecule has 2 N–H and O–H groups in total. The van der Waals surface area contributed by atoms with Crippen LogP contribution in [0.5, 0.6) is 0 Å². The van der Waals surface area contributed by atoms with Gasteiger partial charge in [0.05, 0.1) is 11.6 Å². The number of likely N-dealkylation sites (tertiary alicyclic amines) is 1. The minimum atomic E-state index is -0.648. The number of carbonyl (C=O) groups excluding carboxylic acids is 2. The first-order chi connectivity index (χ1) is 8.80. The summed E-state index contributed by atoms with van der Waals surface area (Å²) >= 11 is 0. The molecule has 0 radical (unpaired) electrons. The Morgan fingerprint density at radius 3 is 2.53 bits per heavy atom. The largest absolute Gasteiger partial charge is 0.358 e. The number of carbonyl (C=O) groups is 2. The smallest absolute Gasteiger partial charge is 0.239 e. The molecule has 0 bridgehead atoms. The molecular weight excluding hydrogens is 242 g/mol. The van der Waals surface area contributed by atoms with Crippen LogP contribution in [0.3, 0.4) is 0 Å². The fourth-order valence-electron chi connectivity index (χ4n) is 2.57. The van der Waals surface area contributed by atoms with Crippen molar-refractivity contribution in [3.63, 3.8) is 0 Å². The number of nitrogens with zero attached hydrogens (tertiary/aromatic N) is 1. The topological polar surface area (TPSA) is 61.4 Å². The van der Waals surface area contributed by atoms with Crippen LogP contribution in [0.25, 0.3) is 0 Å². The Kier molecular flexibility index (Phi) is 5.35. The van der Waals surface area contributed by atoms with Crippen LogP contribution >= 0.6 is 0 Å². The quantitative estimate of drug-likeness (QED) is 0.774. The third-order valence-corrected chi connectivity index (χ3v) is 3.74. The van der Waals surface area contributed by atoms with Crippen molar-refractivity contribution in [2.45, 2.75) is 52.1 Å². The van der Waals surface area contributed by atoms with Gasteiger partial charge in [0, 0.05) is 20.1 Å². The number of nitrogens with one attached hydrogen (secondary N) is 2. The highest BCUT2D eigenvalue weighted by molar-refractivity contribution is 5.87. The zero-order chi connectivity index (χ0) is 14.6. The molecule has 0 aromatic carbocycles. The van der Waals surface area contributed by atoms with E-state index in [1.807, 2.05) is 18.7 Å². The normalized spacial score (nSPS) is 20.6. The van der Waals surface area contributed by atoms with Gasteiger partial charge in [-0.15, -0.1) is 0 Å². The number of likely N-dealkylation sites (N-methyl/N-ethyl adjacent to an activating group) is 1. The van der Waals surface area contributed by atoms with Crippen molar-refractivity contribution in [3.05, 3.63) is 0 Å². The molecule has 1 fully saturated rings. The molecule has 0 aromatic heterocycles. The summed E-state index contributed by atoms with van der Waals surface area (Å²) in [4.78, 5) is 26.2. The fraction of sp³-hybridized carbons (Fsp3) is 0.857. The molecule has 1 heterocycles. The Hall–Kier alpha value is -1.10. The maximum atomic E-state index is 12.2. The van der Waals surface area contributed by atoms with Gasteiger partial charge >= 0.3 is 0 Å². The van der Waals surface area contributed by atoms with Crippen molar-refractivity contribution in [1.29, 1.82) is 0 Å². The third-order valence-electron chi connectivity index (χ3n) is 3.74. The second kappa shape index (κ2) is 6.37. The van der Waals surface area contributed by atoms with Gasteiger partial charge in [0.2, 0.25) is 11.8 Å². The van der Waals surface area contributed by atoms with Gasteiger partial charge in [-0.05, 0) is 32.6 Å². The maximum absolute atomic E-state index is 12.2. The summed E-state index contributed by atoms with van der Waals surface area (Å²) in [6.45, 7) is 9.37. The van der Waals surface area contributed by atoms with Crippen LogP contribution in [-0.2, 0) is 9.59 Å². The average Bonchev–Trinajstić information content (AvgIpc) is 2.84. The molecule has 1 rings (SSSR count). The van der Waals surface area contributed by atoms with Crippen LogP contribution in [0.4, 0.5) is 0 Å². The lowest BCUT2D eigenvalue weighted by Crippen LogP contribution is -2.59. The Balaban J connectivity index is 2.73. The van der Waals surface area contributed by atoms with Crippen LogP contribution < -0.4 is 10.6 Å². The summed E-state index contributed by atoms with van der Waals surface area (Å²) in [5.41, 5.74) is -0.648. The van der Waals surface area contributed by atoms with E-state index in [2.05, 4.69) is 24.5 Å². The Bertz CT molecular complexity index is 340. The standard InChI is InChI=1S/C14H27N3O2/c1-10(2)9-16-12(18)11-7-6-8-17(11)14(3,4)13(19)15-5/h10-11H,6-9H2,1-5H3,(H,15,19)(H,16,18). The van der Waals surface area contributed by atoms with Crippen molar-refractivity contribution in [3.8, 4) is 0 Å². The predicted octanol–water partition coefficient (Wildman–Crippen LogP) is 0.748. The number of amides is 2. The van der Waals surface area contributed by atoms with Gasteiger partial charge in [-0.1, -0.05) is 13.8 Å². The first-order valence-corrected chi connectivity index (χ1v) is 7.07. The van der Waals surface area contributed by atoms with Crippen LogP contribution in [0, 0.1) is 5.92 Å². The lowest BCUT2D eigenvalue weighted by Gasteiger charge is -2.37. The van der Waals surface area contributed by atoms with Gasteiger partial charge in [0.1, 0.15) is 0 Å². The van der Waals surface area contributed by atoms with E-state index in [4.69, 9.17) is 0 Å². The summed E-state index contributed by atoms with van der Waals surface area (Å²) in [6, 6.07) is -0.189. The molecule has 0 aliphatic carbocycles. The summed E-state index contributed by atoms with van der Waals surface area (Å²) in [7, 11) is 1.63. The first-order valence-electron chi connectivity index (χ1n) is 7.07. The first kappa shape index (κ1) is 16.0. The van der Waals surface area contributed by atoms with Gasteiger partial charge in [-0.25, -0.2) is 0 Å². The van der Waals surface area contributed by atoms with E-state index in [0.717, 1.165) is 19.4 Å². The van der Waals surface area contributed by atoms with E-state index in [1.165, 1.54) is 0 Å². The highest BCUT2D eigenvalue weighted by Gasteiger charge is 2.43. The summed E-state index contributed by atoms with van der Waals surface area (Å²) < 4.78 is 0. The molecule has 19 heavy (non-hydrogen) atoms. The predicted molar refractivity (Wildman–Crippen MR) is 75.7 cm³/mol. The van der Waals surface area contributed by atoms with Crippen molar-refractivity contribution in [2.24, 2.45) is 5.92 Å². The van der Waals surface area contributed by atoms with E-state index in [1.54, 1.807) is 7.05 Å². The summed E-state index contributed by atoms with van der Waals surface area (Å²) in [5.74, 6) is 0.435. The Morgan fingerprint density at radius 1 is 1.37 bits per heavy atom. The van der Waals surface area contributed by atoms with Crippen molar-refractivity contribution < 1.29 is 9.59 Å². The second-order valence-corrected chi connectivity index (χ2v) is 6.13. The molecule has 0 spiro atoms. The molecule has 1 unspecified atom stereocenters. The maximum Gasteiger partial charge on any atom is 0.239 e. The second-order valence-electron chi connectivity index (χ2n) is 6.13. The average molecular weight is 269 g/mol. The van der Waals surface area contributed by atoms with Crippen LogP contribution in [-0.4, -0.2) is 48.4 Å². The number of hydrogen-bond acceptors (Lipinski definition) is 3.